The minimum Gasteiger partial charge on any atom is -0.493 e. The first kappa shape index (κ1) is 28.0. The van der Waals surface area contributed by atoms with Crippen LogP contribution in [0.3, 0.4) is 0 Å². The van der Waals surface area contributed by atoms with E-state index in [1.54, 1.807) is 24.3 Å². The summed E-state index contributed by atoms with van der Waals surface area (Å²) in [5.74, 6) is -0.297. The Bertz CT molecular complexity index is 1210. The van der Waals surface area contributed by atoms with Crippen molar-refractivity contribution in [2.75, 3.05) is 12.4 Å². The average Bonchev–Trinajstić information content (AvgIpc) is 2.91. The van der Waals surface area contributed by atoms with Crippen molar-refractivity contribution >= 4 is 27.5 Å². The Hall–Kier alpha value is -2.60. The van der Waals surface area contributed by atoms with Gasteiger partial charge in [-0.1, -0.05) is 77.2 Å². The van der Waals surface area contributed by atoms with Crippen LogP contribution in [0.4, 0.5) is 0 Å². The fourth-order valence-corrected chi connectivity index (χ4v) is 6.62. The normalized spacial score (nSPS) is 16.7. The largest absolute Gasteiger partial charge is 0.493 e. The Morgan fingerprint density at radius 3 is 2.47 bits per heavy atom. The minimum atomic E-state index is -3.41. The van der Waals surface area contributed by atoms with Crippen LogP contribution in [0, 0.1) is 0 Å². The SMILES string of the molecule is CCCCCCCCOc1cc2c(cc1/C(C)=C/c1ccccc1C(=O)O)C(C)(C)CCCS2(=O)=O. The van der Waals surface area contributed by atoms with E-state index < -0.39 is 15.8 Å². The lowest BCUT2D eigenvalue weighted by Crippen LogP contribution is -2.18. The third kappa shape index (κ3) is 6.78. The molecule has 0 fully saturated rings. The fraction of sp³-hybridized carbons (Fsp3) is 0.500. The lowest BCUT2D eigenvalue weighted by molar-refractivity contribution is 0.0696. The van der Waals surface area contributed by atoms with Crippen molar-refractivity contribution in [2.24, 2.45) is 0 Å². The molecule has 0 bridgehead atoms. The smallest absolute Gasteiger partial charge is 0.336 e. The van der Waals surface area contributed by atoms with E-state index in [9.17, 15) is 18.3 Å². The predicted molar refractivity (Wildman–Crippen MR) is 147 cm³/mol. The van der Waals surface area contributed by atoms with Gasteiger partial charge in [0.15, 0.2) is 9.84 Å². The monoisotopic (exact) mass is 512 g/mol. The number of carboxylic acid groups (broad SMARTS) is 1. The highest BCUT2D eigenvalue weighted by molar-refractivity contribution is 7.91. The molecule has 0 aromatic heterocycles. The van der Waals surface area contributed by atoms with Crippen LogP contribution < -0.4 is 4.74 Å². The molecule has 1 aliphatic rings. The zero-order valence-corrected chi connectivity index (χ0v) is 22.9. The van der Waals surface area contributed by atoms with Crippen molar-refractivity contribution in [2.45, 2.75) is 89.4 Å². The molecule has 0 unspecified atom stereocenters. The van der Waals surface area contributed by atoms with Crippen LogP contribution in [0.15, 0.2) is 41.3 Å². The second-order valence-electron chi connectivity index (χ2n) is 10.5. The first-order valence-electron chi connectivity index (χ1n) is 13.1. The van der Waals surface area contributed by atoms with E-state index in [1.807, 2.05) is 25.1 Å². The van der Waals surface area contributed by atoms with Crippen molar-refractivity contribution in [1.82, 2.24) is 0 Å². The molecule has 2 aromatic rings. The van der Waals surface area contributed by atoms with Crippen molar-refractivity contribution in [1.29, 1.82) is 0 Å². The standard InChI is InChI=1S/C30H40O5S/c1-5-6-7-8-9-12-17-35-27-21-28-26(30(3,4)16-13-18-36(28,33)34)20-25(27)22(2)19-23-14-10-11-15-24(23)29(31)32/h10-11,14-15,19-21H,5-9,12-13,16-18H2,1-4H3,(H,31,32)/b22-19+. The van der Waals surface area contributed by atoms with Crippen LogP contribution in [0.1, 0.15) is 106 Å². The Labute approximate surface area is 216 Å². The van der Waals surface area contributed by atoms with Gasteiger partial charge >= 0.3 is 5.97 Å². The Balaban J connectivity index is 2.04. The third-order valence-electron chi connectivity index (χ3n) is 7.10. The molecule has 6 heteroatoms. The topological polar surface area (TPSA) is 80.7 Å². The molecular formula is C30H40O5S. The molecule has 0 saturated carbocycles. The zero-order valence-electron chi connectivity index (χ0n) is 22.1. The van der Waals surface area contributed by atoms with Gasteiger partial charge in [-0.05, 0) is 66.5 Å². The van der Waals surface area contributed by atoms with E-state index in [4.69, 9.17) is 4.74 Å². The maximum Gasteiger partial charge on any atom is 0.336 e. The number of hydrogen-bond donors (Lipinski definition) is 1. The van der Waals surface area contributed by atoms with E-state index in [0.717, 1.165) is 36.0 Å². The van der Waals surface area contributed by atoms with Gasteiger partial charge in [-0.3, -0.25) is 0 Å². The number of benzene rings is 2. The number of carbonyl (C=O) groups is 1. The summed E-state index contributed by atoms with van der Waals surface area (Å²) in [6.07, 6.45) is 10.1. The first-order chi connectivity index (χ1) is 17.1. The molecule has 3 rings (SSSR count). The zero-order chi connectivity index (χ0) is 26.3. The van der Waals surface area contributed by atoms with Crippen molar-refractivity contribution in [3.8, 4) is 5.75 Å². The highest BCUT2D eigenvalue weighted by atomic mass is 32.2. The molecule has 0 amide bonds. The highest BCUT2D eigenvalue weighted by Crippen LogP contribution is 2.42. The summed E-state index contributed by atoms with van der Waals surface area (Å²) in [5.41, 5.74) is 2.98. The van der Waals surface area contributed by atoms with Crippen molar-refractivity contribution in [3.05, 3.63) is 58.7 Å². The minimum absolute atomic E-state index is 0.139. The number of carboxylic acids is 1. The highest BCUT2D eigenvalue weighted by Gasteiger charge is 2.34. The molecule has 0 aliphatic carbocycles. The molecule has 0 atom stereocenters. The van der Waals surface area contributed by atoms with Gasteiger partial charge in [-0.25, -0.2) is 13.2 Å². The maximum atomic E-state index is 13.2. The number of unbranched alkanes of at least 4 members (excludes halogenated alkanes) is 5. The number of aromatic carboxylic acids is 1. The summed E-state index contributed by atoms with van der Waals surface area (Å²) < 4.78 is 32.6. The summed E-state index contributed by atoms with van der Waals surface area (Å²) in [4.78, 5) is 12.1. The number of ether oxygens (including phenoxy) is 1. The maximum absolute atomic E-state index is 13.2. The molecular weight excluding hydrogens is 472 g/mol. The van der Waals surface area contributed by atoms with Gasteiger partial charge < -0.3 is 9.84 Å². The Kier molecular flexibility index (Phi) is 9.40. The molecule has 196 valence electrons. The van der Waals surface area contributed by atoms with Gasteiger partial charge in [0.2, 0.25) is 0 Å². The van der Waals surface area contributed by atoms with Crippen molar-refractivity contribution < 1.29 is 23.1 Å². The predicted octanol–water partition coefficient (Wildman–Crippen LogP) is 7.53. The van der Waals surface area contributed by atoms with Crippen LogP contribution in [0.25, 0.3) is 11.6 Å². The summed E-state index contributed by atoms with van der Waals surface area (Å²) in [7, 11) is -3.41. The molecule has 0 saturated heterocycles. The van der Waals surface area contributed by atoms with E-state index in [1.165, 1.54) is 25.7 Å². The second-order valence-corrected chi connectivity index (χ2v) is 12.6. The van der Waals surface area contributed by atoms with E-state index >= 15 is 0 Å². The molecule has 5 nitrogen and oxygen atoms in total. The van der Waals surface area contributed by atoms with Gasteiger partial charge in [-0.15, -0.1) is 0 Å². The van der Waals surface area contributed by atoms with Crippen molar-refractivity contribution in [3.63, 3.8) is 0 Å². The number of sulfone groups is 1. The van der Waals surface area contributed by atoms with Crippen LogP contribution >= 0.6 is 0 Å². The Morgan fingerprint density at radius 1 is 1.06 bits per heavy atom. The van der Waals surface area contributed by atoms with E-state index in [2.05, 4.69) is 20.8 Å². The van der Waals surface area contributed by atoms with Gasteiger partial charge in [0.1, 0.15) is 5.75 Å². The summed E-state index contributed by atoms with van der Waals surface area (Å²) in [6.45, 7) is 8.82. The third-order valence-corrected chi connectivity index (χ3v) is 8.94. The summed E-state index contributed by atoms with van der Waals surface area (Å²) in [5, 5.41) is 9.62. The molecule has 1 N–H and O–H groups in total. The summed E-state index contributed by atoms with van der Waals surface area (Å²) in [6, 6.07) is 10.6. The lowest BCUT2D eigenvalue weighted by Gasteiger charge is -2.26. The fourth-order valence-electron chi connectivity index (χ4n) is 4.92. The Morgan fingerprint density at radius 2 is 1.75 bits per heavy atom. The lowest BCUT2D eigenvalue weighted by atomic mass is 9.79. The van der Waals surface area contributed by atoms with Crippen LogP contribution in [0.5, 0.6) is 5.75 Å². The molecule has 1 aliphatic heterocycles. The molecule has 1 heterocycles. The average molecular weight is 513 g/mol. The summed E-state index contributed by atoms with van der Waals surface area (Å²) >= 11 is 0. The quantitative estimate of drug-likeness (QED) is 0.249. The van der Waals surface area contributed by atoms with Gasteiger partial charge in [0.05, 0.1) is 22.8 Å². The van der Waals surface area contributed by atoms with E-state index in [0.29, 0.717) is 29.2 Å². The van der Waals surface area contributed by atoms with Crippen LogP contribution in [0.2, 0.25) is 0 Å². The molecule has 0 spiro atoms. The molecule has 36 heavy (non-hydrogen) atoms. The van der Waals surface area contributed by atoms with Crippen LogP contribution in [-0.4, -0.2) is 31.9 Å². The number of allylic oxidation sites excluding steroid dienone is 1. The number of rotatable bonds is 11. The number of fused-ring (bicyclic) bond motifs is 1. The first-order valence-corrected chi connectivity index (χ1v) is 14.8. The number of hydrogen-bond acceptors (Lipinski definition) is 4. The second kappa shape index (κ2) is 12.1. The van der Waals surface area contributed by atoms with E-state index in [-0.39, 0.29) is 16.7 Å². The molecule has 0 radical (unpaired) electrons. The van der Waals surface area contributed by atoms with Crippen LogP contribution in [-0.2, 0) is 15.3 Å². The van der Waals surface area contributed by atoms with Gasteiger partial charge in [0, 0.05) is 5.56 Å². The molecule has 2 aromatic carbocycles. The van der Waals surface area contributed by atoms with Gasteiger partial charge in [0.25, 0.3) is 0 Å². The van der Waals surface area contributed by atoms with Gasteiger partial charge in [-0.2, -0.15) is 0 Å².